The molecule has 12 nitrogen and oxygen atoms in total. The summed E-state index contributed by atoms with van der Waals surface area (Å²) >= 11 is 0. The molecule has 0 aromatic heterocycles. The molecular formula is C51H88O12S. The summed E-state index contributed by atoms with van der Waals surface area (Å²) in [5.74, 6) is -0.414. The molecule has 0 amide bonds. The van der Waals surface area contributed by atoms with Crippen LogP contribution in [-0.4, -0.2) is 97.5 Å². The van der Waals surface area contributed by atoms with Crippen LogP contribution in [0.3, 0.4) is 0 Å². The third-order valence-electron chi connectivity index (χ3n) is 10.8. The molecule has 0 aromatic rings. The van der Waals surface area contributed by atoms with Crippen LogP contribution in [0.4, 0.5) is 0 Å². The van der Waals surface area contributed by atoms with Gasteiger partial charge in [-0.1, -0.05) is 164 Å². The number of ether oxygens (including phenoxy) is 4. The minimum Gasteiger partial charge on any atom is -0.457 e. The predicted molar refractivity (Wildman–Crippen MR) is 257 cm³/mol. The number of esters is 1. The van der Waals surface area contributed by atoms with Gasteiger partial charge < -0.3 is 34.3 Å². The lowest BCUT2D eigenvalue weighted by Gasteiger charge is -2.41. The number of carbonyl (C=O) groups is 1. The minimum absolute atomic E-state index is 0.0216. The first kappa shape index (κ1) is 59.6. The molecule has 1 heterocycles. The van der Waals surface area contributed by atoms with Gasteiger partial charge in [0.05, 0.1) is 19.8 Å². The van der Waals surface area contributed by atoms with Crippen molar-refractivity contribution in [3.05, 3.63) is 72.9 Å². The number of allylic oxidation sites excluding steroid dienone is 12. The maximum Gasteiger partial charge on any atom is 0.397 e. The lowest BCUT2D eigenvalue weighted by molar-refractivity contribution is -0.301. The monoisotopic (exact) mass is 925 g/mol. The molecule has 64 heavy (non-hydrogen) atoms. The van der Waals surface area contributed by atoms with Crippen molar-refractivity contribution in [2.24, 2.45) is 0 Å². The fraction of sp³-hybridized carbons (Fsp3) is 0.745. The zero-order valence-electron chi connectivity index (χ0n) is 39.6. The third-order valence-corrected chi connectivity index (χ3v) is 11.3. The molecule has 1 aliphatic heterocycles. The second-order valence-corrected chi connectivity index (χ2v) is 17.7. The summed E-state index contributed by atoms with van der Waals surface area (Å²) in [6.07, 6.45) is 44.9. The van der Waals surface area contributed by atoms with Gasteiger partial charge >= 0.3 is 16.4 Å². The molecule has 0 saturated carbocycles. The largest absolute Gasteiger partial charge is 0.457 e. The van der Waals surface area contributed by atoms with Gasteiger partial charge in [0.25, 0.3) is 0 Å². The van der Waals surface area contributed by atoms with Crippen molar-refractivity contribution in [2.45, 2.75) is 218 Å². The van der Waals surface area contributed by atoms with Crippen molar-refractivity contribution in [1.82, 2.24) is 0 Å². The average Bonchev–Trinajstić information content (AvgIpc) is 3.27. The van der Waals surface area contributed by atoms with E-state index >= 15 is 0 Å². The molecule has 1 aliphatic rings. The summed E-state index contributed by atoms with van der Waals surface area (Å²) in [7, 11) is -5.07. The molecule has 0 bridgehead atoms. The van der Waals surface area contributed by atoms with E-state index in [1.165, 1.54) is 64.2 Å². The van der Waals surface area contributed by atoms with Crippen molar-refractivity contribution in [2.75, 3.05) is 26.4 Å². The fourth-order valence-electron chi connectivity index (χ4n) is 7.10. The quantitative estimate of drug-likeness (QED) is 0.0197. The van der Waals surface area contributed by atoms with Crippen molar-refractivity contribution < 1.29 is 56.2 Å². The Labute approximate surface area is 388 Å². The highest BCUT2D eigenvalue weighted by Crippen LogP contribution is 2.26. The lowest BCUT2D eigenvalue weighted by atomic mass is 9.99. The molecule has 370 valence electrons. The van der Waals surface area contributed by atoms with Crippen molar-refractivity contribution in [3.8, 4) is 0 Å². The second-order valence-electron chi connectivity index (χ2n) is 16.7. The Morgan fingerprint density at radius 3 is 1.58 bits per heavy atom. The first-order chi connectivity index (χ1) is 31.1. The van der Waals surface area contributed by atoms with Crippen LogP contribution in [-0.2, 0) is 38.3 Å². The number of rotatable bonds is 42. The molecule has 0 aliphatic carbocycles. The number of aliphatic hydroxyl groups excluding tert-OH is 3. The summed E-state index contributed by atoms with van der Waals surface area (Å²) in [6.45, 7) is 3.81. The number of hydrogen-bond donors (Lipinski definition) is 4. The Morgan fingerprint density at radius 2 is 1.08 bits per heavy atom. The van der Waals surface area contributed by atoms with Crippen LogP contribution in [0.15, 0.2) is 72.9 Å². The number of hydrogen-bond acceptors (Lipinski definition) is 11. The van der Waals surface area contributed by atoms with Crippen LogP contribution < -0.4 is 0 Å². The summed E-state index contributed by atoms with van der Waals surface area (Å²) < 4.78 is 59.2. The molecule has 1 fully saturated rings. The topological polar surface area (TPSA) is 178 Å². The predicted octanol–water partition coefficient (Wildman–Crippen LogP) is 11.1. The molecule has 1 rings (SSSR count). The molecule has 4 N–H and O–H groups in total. The molecule has 0 radical (unpaired) electrons. The van der Waals surface area contributed by atoms with Gasteiger partial charge in [0.2, 0.25) is 0 Å². The van der Waals surface area contributed by atoms with Crippen LogP contribution in [0.2, 0.25) is 0 Å². The van der Waals surface area contributed by atoms with Crippen molar-refractivity contribution >= 4 is 16.4 Å². The summed E-state index contributed by atoms with van der Waals surface area (Å²) in [6, 6.07) is 0. The van der Waals surface area contributed by atoms with Crippen molar-refractivity contribution in [1.29, 1.82) is 0 Å². The molecule has 6 unspecified atom stereocenters. The molecule has 1 saturated heterocycles. The summed E-state index contributed by atoms with van der Waals surface area (Å²) in [5.41, 5.74) is 0. The minimum atomic E-state index is -5.07. The van der Waals surface area contributed by atoms with Crippen LogP contribution in [0.1, 0.15) is 181 Å². The Bertz CT molecular complexity index is 1390. The van der Waals surface area contributed by atoms with E-state index in [1.54, 1.807) is 0 Å². The first-order valence-corrected chi connectivity index (χ1v) is 26.1. The van der Waals surface area contributed by atoms with Gasteiger partial charge in [-0.2, -0.15) is 8.42 Å². The van der Waals surface area contributed by atoms with E-state index in [-0.39, 0.29) is 19.6 Å². The van der Waals surface area contributed by atoms with E-state index in [2.05, 4.69) is 90.9 Å². The Kier molecular flexibility index (Phi) is 39.0. The molecular weight excluding hydrogens is 837 g/mol. The Morgan fingerprint density at radius 1 is 0.609 bits per heavy atom. The zero-order chi connectivity index (χ0) is 46.8. The van der Waals surface area contributed by atoms with E-state index in [9.17, 15) is 33.1 Å². The van der Waals surface area contributed by atoms with Gasteiger partial charge in [0.1, 0.15) is 30.5 Å². The lowest BCUT2D eigenvalue weighted by Crippen LogP contribution is -2.60. The molecule has 0 spiro atoms. The maximum absolute atomic E-state index is 12.9. The molecule has 13 heteroatoms. The van der Waals surface area contributed by atoms with E-state index in [1.807, 2.05) is 0 Å². The van der Waals surface area contributed by atoms with Gasteiger partial charge in [-0.15, -0.1) is 0 Å². The van der Waals surface area contributed by atoms with Crippen LogP contribution in [0, 0.1) is 0 Å². The maximum atomic E-state index is 12.9. The van der Waals surface area contributed by atoms with E-state index in [0.717, 1.165) is 89.9 Å². The Hall–Kier alpha value is -2.46. The van der Waals surface area contributed by atoms with Gasteiger partial charge in [0.15, 0.2) is 6.29 Å². The summed E-state index contributed by atoms with van der Waals surface area (Å²) in [4.78, 5) is 12.9. The van der Waals surface area contributed by atoms with Crippen LogP contribution in [0.5, 0.6) is 0 Å². The fourth-order valence-corrected chi connectivity index (χ4v) is 7.61. The van der Waals surface area contributed by atoms with Gasteiger partial charge in [-0.05, 0) is 83.5 Å². The van der Waals surface area contributed by atoms with Gasteiger partial charge in [-0.25, -0.2) is 4.18 Å². The van der Waals surface area contributed by atoms with Crippen LogP contribution in [0.25, 0.3) is 0 Å². The second kappa shape index (κ2) is 41.9. The highest BCUT2D eigenvalue weighted by atomic mass is 32.3. The van der Waals surface area contributed by atoms with Crippen LogP contribution >= 0.6 is 0 Å². The normalized spacial score (nSPS) is 20.4. The van der Waals surface area contributed by atoms with Gasteiger partial charge in [-0.3, -0.25) is 9.35 Å². The standard InChI is InChI=1S/C51H88O12S/c1-3-5-7-9-11-13-15-17-19-21-22-23-25-27-29-31-33-35-37-39-41-59-43-45(44-60-51-49(55)50(63-64(56,57)58)48(54)46(42-52)62-51)61-47(53)40-38-36-34-32-30-28-26-24-20-18-16-14-12-10-8-6-4-2/h5,7,11-14,17-20,22-23,45-46,48-52,54-55H,3-4,6,8-10,15-16,21,24-44H2,1-2H3,(H,56,57,58)/b7-5-,13-11-,14-12-,19-17-,20-18-,23-22-. The smallest absolute Gasteiger partial charge is 0.397 e. The van der Waals surface area contributed by atoms with E-state index < -0.39 is 59.8 Å². The first-order valence-electron chi connectivity index (χ1n) is 24.7. The number of aliphatic hydroxyl groups is 3. The van der Waals surface area contributed by atoms with E-state index in [4.69, 9.17) is 18.9 Å². The van der Waals surface area contributed by atoms with E-state index in [0.29, 0.717) is 13.0 Å². The van der Waals surface area contributed by atoms with Crippen molar-refractivity contribution in [3.63, 3.8) is 0 Å². The SMILES string of the molecule is CC/C=C\C/C=C\C/C=C\C/C=C\CCCCCCCCCOCC(COC1OC(CO)C(O)C(OS(=O)(=O)O)C1O)OC(=O)CCCCCCCCC/C=C\C/C=C\CCCCC. The zero-order valence-corrected chi connectivity index (χ0v) is 40.4. The highest BCUT2D eigenvalue weighted by Gasteiger charge is 2.48. The summed E-state index contributed by atoms with van der Waals surface area (Å²) in [5, 5.41) is 30.7. The number of carbonyl (C=O) groups excluding carboxylic acids is 1. The average molecular weight is 925 g/mol. The van der Waals surface area contributed by atoms with Gasteiger partial charge in [0, 0.05) is 13.0 Å². The molecule has 6 atom stereocenters. The highest BCUT2D eigenvalue weighted by molar-refractivity contribution is 7.80. The number of unbranched alkanes of at least 4 members (excludes halogenated alkanes) is 17. The molecule has 0 aromatic carbocycles. The Balaban J connectivity index is 2.40. The third kappa shape index (κ3) is 34.8.